The van der Waals surface area contributed by atoms with Gasteiger partial charge in [-0.15, -0.1) is 0 Å². The topological polar surface area (TPSA) is 58.6 Å². The van der Waals surface area contributed by atoms with Crippen LogP contribution in [0.25, 0.3) is 0 Å². The zero-order valence-electron chi connectivity index (χ0n) is 11.9. The van der Waals surface area contributed by atoms with Gasteiger partial charge in [-0.2, -0.15) is 0 Å². The number of benzene rings is 1. The molecule has 1 aliphatic rings. The number of nitrogens with zero attached hydrogens (tertiary/aromatic N) is 1. The van der Waals surface area contributed by atoms with Gasteiger partial charge in [0.15, 0.2) is 0 Å². The highest BCUT2D eigenvalue weighted by Crippen LogP contribution is 2.20. The van der Waals surface area contributed by atoms with E-state index in [0.29, 0.717) is 18.6 Å². The van der Waals surface area contributed by atoms with E-state index in [0.717, 1.165) is 18.5 Å². The second kappa shape index (κ2) is 6.41. The van der Waals surface area contributed by atoms with Crippen LogP contribution in [0, 0.1) is 0 Å². The molecule has 0 aromatic heterocycles. The largest absolute Gasteiger partial charge is 0.462 e. The minimum atomic E-state index is -0.332. The van der Waals surface area contributed by atoms with Crippen molar-refractivity contribution in [2.75, 3.05) is 12.0 Å². The van der Waals surface area contributed by atoms with E-state index in [9.17, 15) is 9.59 Å². The van der Waals surface area contributed by atoms with Gasteiger partial charge in [-0.1, -0.05) is 0 Å². The molecule has 1 amide bonds. The van der Waals surface area contributed by atoms with E-state index in [1.165, 1.54) is 0 Å². The van der Waals surface area contributed by atoms with Crippen LogP contribution in [0.15, 0.2) is 24.3 Å². The van der Waals surface area contributed by atoms with Crippen molar-refractivity contribution in [2.24, 2.45) is 0 Å². The van der Waals surface area contributed by atoms with Crippen LogP contribution >= 0.6 is 0 Å². The highest BCUT2D eigenvalue weighted by atomic mass is 16.5. The Hall–Kier alpha value is -2.04. The maximum absolute atomic E-state index is 11.9. The fraction of sp³-hybridized carbons (Fsp3) is 0.467. The van der Waals surface area contributed by atoms with E-state index < -0.39 is 0 Å². The molecule has 0 bridgehead atoms. The van der Waals surface area contributed by atoms with Crippen LogP contribution in [0.4, 0.5) is 5.69 Å². The lowest BCUT2D eigenvalue weighted by Crippen LogP contribution is -2.45. The number of nitrogens with one attached hydrogen (secondary N) is 1. The molecule has 1 saturated heterocycles. The van der Waals surface area contributed by atoms with E-state index in [-0.39, 0.29) is 17.9 Å². The number of hydrazine groups is 1. The van der Waals surface area contributed by atoms with Crippen molar-refractivity contribution in [3.05, 3.63) is 29.8 Å². The van der Waals surface area contributed by atoms with Crippen LogP contribution in [-0.4, -0.2) is 29.5 Å². The quantitative estimate of drug-likeness (QED) is 0.859. The first kappa shape index (κ1) is 14.4. The molecule has 0 saturated carbocycles. The lowest BCUT2D eigenvalue weighted by atomic mass is 10.1. The maximum atomic E-state index is 11.9. The number of carbonyl (C=O) groups is 2. The number of anilines is 1. The molecule has 20 heavy (non-hydrogen) atoms. The summed E-state index contributed by atoms with van der Waals surface area (Å²) in [4.78, 5) is 23.4. The van der Waals surface area contributed by atoms with E-state index >= 15 is 0 Å². The molecule has 1 atom stereocenters. The summed E-state index contributed by atoms with van der Waals surface area (Å²) >= 11 is 0. The Kier molecular flexibility index (Phi) is 4.61. The normalized spacial score (nSPS) is 18.8. The maximum Gasteiger partial charge on any atom is 0.338 e. The van der Waals surface area contributed by atoms with Gasteiger partial charge in [0, 0.05) is 6.42 Å². The van der Waals surface area contributed by atoms with E-state index in [1.54, 1.807) is 36.2 Å². The van der Waals surface area contributed by atoms with Crippen molar-refractivity contribution >= 4 is 17.6 Å². The van der Waals surface area contributed by atoms with Crippen molar-refractivity contribution in [3.8, 4) is 0 Å². The van der Waals surface area contributed by atoms with E-state index in [4.69, 9.17) is 4.74 Å². The molecule has 1 N–H and O–H groups in total. The highest BCUT2D eigenvalue weighted by Gasteiger charge is 2.24. The Morgan fingerprint density at radius 2 is 2.10 bits per heavy atom. The monoisotopic (exact) mass is 276 g/mol. The van der Waals surface area contributed by atoms with Crippen molar-refractivity contribution in [1.29, 1.82) is 0 Å². The number of carbonyl (C=O) groups excluding carboxylic acids is 2. The average molecular weight is 276 g/mol. The first-order valence-corrected chi connectivity index (χ1v) is 6.97. The van der Waals surface area contributed by atoms with Gasteiger partial charge in [-0.3, -0.25) is 15.2 Å². The molecule has 1 fully saturated rings. The zero-order valence-corrected chi connectivity index (χ0v) is 11.9. The molecule has 1 heterocycles. The molecule has 1 aromatic carbocycles. The van der Waals surface area contributed by atoms with Crippen molar-refractivity contribution < 1.29 is 14.3 Å². The molecule has 0 radical (unpaired) electrons. The molecule has 5 nitrogen and oxygen atoms in total. The SMILES string of the molecule is CCOC(=O)c1ccc(NN2C(=O)CCCC2C)cc1. The van der Waals surface area contributed by atoms with Gasteiger partial charge in [0.05, 0.1) is 23.9 Å². The molecule has 1 unspecified atom stereocenters. The molecule has 2 rings (SSSR count). The van der Waals surface area contributed by atoms with Crippen LogP contribution in [0.2, 0.25) is 0 Å². The second-order valence-corrected chi connectivity index (χ2v) is 4.91. The summed E-state index contributed by atoms with van der Waals surface area (Å²) in [6, 6.07) is 7.13. The summed E-state index contributed by atoms with van der Waals surface area (Å²) in [5, 5.41) is 1.67. The summed E-state index contributed by atoms with van der Waals surface area (Å²) in [6.45, 7) is 4.16. The second-order valence-electron chi connectivity index (χ2n) is 4.91. The number of hydrogen-bond acceptors (Lipinski definition) is 4. The third kappa shape index (κ3) is 3.29. The van der Waals surface area contributed by atoms with E-state index in [2.05, 4.69) is 5.43 Å². The summed E-state index contributed by atoms with van der Waals surface area (Å²) < 4.78 is 4.93. The van der Waals surface area contributed by atoms with E-state index in [1.807, 2.05) is 6.92 Å². The van der Waals surface area contributed by atoms with Crippen LogP contribution in [-0.2, 0) is 9.53 Å². The van der Waals surface area contributed by atoms with Gasteiger partial charge in [0.2, 0.25) is 5.91 Å². The third-order valence-corrected chi connectivity index (χ3v) is 3.37. The van der Waals surface area contributed by atoms with Gasteiger partial charge in [0.1, 0.15) is 0 Å². The lowest BCUT2D eigenvalue weighted by molar-refractivity contribution is -0.134. The Morgan fingerprint density at radius 3 is 2.70 bits per heavy atom. The number of esters is 1. The smallest absolute Gasteiger partial charge is 0.338 e. The average Bonchev–Trinajstić information content (AvgIpc) is 2.44. The predicted molar refractivity (Wildman–Crippen MR) is 76.2 cm³/mol. The van der Waals surface area contributed by atoms with Crippen molar-refractivity contribution in [2.45, 2.75) is 39.2 Å². The fourth-order valence-corrected chi connectivity index (χ4v) is 2.25. The standard InChI is InChI=1S/C15H20N2O3/c1-3-20-15(19)12-7-9-13(10-8-12)16-17-11(2)5-4-6-14(17)18/h7-11,16H,3-6H2,1-2H3. The first-order chi connectivity index (χ1) is 9.61. The third-order valence-electron chi connectivity index (χ3n) is 3.37. The van der Waals surface area contributed by atoms with Crippen molar-refractivity contribution in [1.82, 2.24) is 5.01 Å². The minimum absolute atomic E-state index is 0.109. The lowest BCUT2D eigenvalue weighted by Gasteiger charge is -2.34. The van der Waals surface area contributed by atoms with Gasteiger partial charge >= 0.3 is 5.97 Å². The molecule has 0 spiro atoms. The number of ether oxygens (including phenoxy) is 1. The number of hydrogen-bond donors (Lipinski definition) is 1. The highest BCUT2D eigenvalue weighted by molar-refractivity contribution is 5.89. The number of amides is 1. The zero-order chi connectivity index (χ0) is 14.5. The van der Waals surface area contributed by atoms with Crippen LogP contribution in [0.3, 0.4) is 0 Å². The van der Waals surface area contributed by atoms with Crippen LogP contribution in [0.5, 0.6) is 0 Å². The first-order valence-electron chi connectivity index (χ1n) is 6.97. The molecular formula is C15H20N2O3. The molecule has 0 aliphatic carbocycles. The fourth-order valence-electron chi connectivity index (χ4n) is 2.25. The van der Waals surface area contributed by atoms with Gasteiger partial charge < -0.3 is 4.74 Å². The predicted octanol–water partition coefficient (Wildman–Crippen LogP) is 2.59. The van der Waals surface area contributed by atoms with Gasteiger partial charge in [-0.05, 0) is 51.0 Å². The molecular weight excluding hydrogens is 256 g/mol. The van der Waals surface area contributed by atoms with Crippen molar-refractivity contribution in [3.63, 3.8) is 0 Å². The Labute approximate surface area is 118 Å². The summed E-state index contributed by atoms with van der Waals surface area (Å²) in [6.07, 6.45) is 2.53. The molecule has 1 aromatic rings. The van der Waals surface area contributed by atoms with Gasteiger partial charge in [0.25, 0.3) is 0 Å². The van der Waals surface area contributed by atoms with Crippen LogP contribution in [0.1, 0.15) is 43.5 Å². The molecule has 1 aliphatic heterocycles. The summed E-state index contributed by atoms with van der Waals surface area (Å²) in [5.74, 6) is -0.223. The Balaban J connectivity index is 2.03. The number of rotatable bonds is 4. The molecule has 108 valence electrons. The van der Waals surface area contributed by atoms with Gasteiger partial charge in [-0.25, -0.2) is 4.79 Å². The Morgan fingerprint density at radius 1 is 1.40 bits per heavy atom. The Bertz CT molecular complexity index is 484. The minimum Gasteiger partial charge on any atom is -0.462 e. The summed E-state index contributed by atoms with van der Waals surface area (Å²) in [5.41, 5.74) is 4.41. The molecule has 5 heteroatoms. The van der Waals surface area contributed by atoms with Crippen LogP contribution < -0.4 is 5.43 Å². The number of piperidine rings is 1. The summed E-state index contributed by atoms with van der Waals surface area (Å²) in [7, 11) is 0.